The van der Waals surface area contributed by atoms with Crippen LogP contribution in [0.15, 0.2) is 48.5 Å². The van der Waals surface area contributed by atoms with E-state index in [0.29, 0.717) is 12.6 Å². The summed E-state index contributed by atoms with van der Waals surface area (Å²) in [4.78, 5) is 14.8. The lowest BCUT2D eigenvalue weighted by atomic mass is 10.0. The molecule has 1 aliphatic rings. The van der Waals surface area contributed by atoms with Crippen LogP contribution in [0.2, 0.25) is 0 Å². The van der Waals surface area contributed by atoms with Gasteiger partial charge in [-0.15, -0.1) is 0 Å². The van der Waals surface area contributed by atoms with Crippen LogP contribution in [0.5, 0.6) is 0 Å². The minimum absolute atomic E-state index is 0.0137. The first-order valence-corrected chi connectivity index (χ1v) is 8.35. The summed E-state index contributed by atoms with van der Waals surface area (Å²) >= 11 is 0. The fraction of sp³-hybridized carbons (Fsp3) is 0.350. The van der Waals surface area contributed by atoms with E-state index in [0.717, 1.165) is 18.4 Å². The molecule has 0 saturated heterocycles. The van der Waals surface area contributed by atoms with Gasteiger partial charge in [0.2, 0.25) is 5.91 Å². The van der Waals surface area contributed by atoms with Gasteiger partial charge in [-0.25, -0.2) is 4.39 Å². The molecule has 1 fully saturated rings. The van der Waals surface area contributed by atoms with E-state index < -0.39 is 6.04 Å². The van der Waals surface area contributed by atoms with Crippen molar-refractivity contribution in [3.05, 3.63) is 71.0 Å². The summed E-state index contributed by atoms with van der Waals surface area (Å²) in [5.74, 6) is -0.304. The summed E-state index contributed by atoms with van der Waals surface area (Å²) in [6.07, 6.45) is 2.09. The van der Waals surface area contributed by atoms with Gasteiger partial charge in [0.25, 0.3) is 0 Å². The van der Waals surface area contributed by atoms with E-state index in [9.17, 15) is 9.18 Å². The molecule has 2 aromatic carbocycles. The third-order valence-corrected chi connectivity index (χ3v) is 4.48. The zero-order chi connectivity index (χ0) is 17.1. The number of amides is 1. The Kier molecular flexibility index (Phi) is 4.95. The smallest absolute Gasteiger partial charge is 0.242 e. The molecule has 2 aromatic rings. The Balaban J connectivity index is 1.83. The summed E-state index contributed by atoms with van der Waals surface area (Å²) < 4.78 is 13.3. The molecule has 4 heteroatoms. The van der Waals surface area contributed by atoms with Gasteiger partial charge in [-0.3, -0.25) is 9.69 Å². The SMILES string of the molecule is Cc1ccccc1CN(C)[C@@H](C(=O)NC1CC1)c1ccc(F)cc1. The lowest BCUT2D eigenvalue weighted by Crippen LogP contribution is -2.39. The second-order valence-electron chi connectivity index (χ2n) is 6.58. The zero-order valence-electron chi connectivity index (χ0n) is 14.1. The van der Waals surface area contributed by atoms with Crippen molar-refractivity contribution in [3.63, 3.8) is 0 Å². The van der Waals surface area contributed by atoms with Gasteiger partial charge in [0.05, 0.1) is 0 Å². The lowest BCUT2D eigenvalue weighted by Gasteiger charge is -2.28. The fourth-order valence-corrected chi connectivity index (χ4v) is 2.91. The molecule has 0 unspecified atom stereocenters. The molecule has 0 radical (unpaired) electrons. The molecule has 24 heavy (non-hydrogen) atoms. The highest BCUT2D eigenvalue weighted by atomic mass is 19.1. The summed E-state index contributed by atoms with van der Waals surface area (Å²) in [5.41, 5.74) is 3.20. The molecule has 1 atom stereocenters. The van der Waals surface area contributed by atoms with Crippen molar-refractivity contribution in [2.75, 3.05) is 7.05 Å². The molecule has 0 heterocycles. The van der Waals surface area contributed by atoms with Crippen LogP contribution in [0, 0.1) is 12.7 Å². The van der Waals surface area contributed by atoms with E-state index in [1.54, 1.807) is 12.1 Å². The van der Waals surface area contributed by atoms with Crippen molar-refractivity contribution in [1.82, 2.24) is 10.2 Å². The van der Waals surface area contributed by atoms with Crippen molar-refractivity contribution in [2.45, 2.75) is 38.4 Å². The molecular formula is C20H23FN2O. The summed E-state index contributed by atoms with van der Waals surface area (Å²) in [6.45, 7) is 2.73. The molecule has 0 aliphatic heterocycles. The monoisotopic (exact) mass is 326 g/mol. The van der Waals surface area contributed by atoms with E-state index in [4.69, 9.17) is 0 Å². The van der Waals surface area contributed by atoms with Crippen molar-refractivity contribution in [2.24, 2.45) is 0 Å². The maximum Gasteiger partial charge on any atom is 0.242 e. The molecule has 3 nitrogen and oxygen atoms in total. The van der Waals surface area contributed by atoms with Gasteiger partial charge >= 0.3 is 0 Å². The topological polar surface area (TPSA) is 32.3 Å². The second kappa shape index (κ2) is 7.14. The van der Waals surface area contributed by atoms with Crippen LogP contribution in [0.4, 0.5) is 4.39 Å². The van der Waals surface area contributed by atoms with Crippen molar-refractivity contribution < 1.29 is 9.18 Å². The number of hydrogen-bond acceptors (Lipinski definition) is 2. The normalized spacial score (nSPS) is 15.3. The number of likely N-dealkylation sites (N-methyl/N-ethyl adjacent to an activating group) is 1. The van der Waals surface area contributed by atoms with Gasteiger partial charge in [0.1, 0.15) is 11.9 Å². The predicted octanol–water partition coefficient (Wildman–Crippen LogP) is 3.59. The Bertz CT molecular complexity index is 710. The van der Waals surface area contributed by atoms with Crippen molar-refractivity contribution >= 4 is 5.91 Å². The summed E-state index contributed by atoms with van der Waals surface area (Å²) in [6, 6.07) is 14.2. The molecule has 0 bridgehead atoms. The minimum Gasteiger partial charge on any atom is -0.352 e. The molecule has 1 amide bonds. The van der Waals surface area contributed by atoms with E-state index in [1.165, 1.54) is 23.3 Å². The Morgan fingerprint density at radius 1 is 1.21 bits per heavy atom. The average Bonchev–Trinajstić information content (AvgIpc) is 3.36. The summed E-state index contributed by atoms with van der Waals surface area (Å²) in [5, 5.41) is 3.07. The van der Waals surface area contributed by atoms with Crippen LogP contribution in [-0.4, -0.2) is 23.9 Å². The fourth-order valence-electron chi connectivity index (χ4n) is 2.91. The highest BCUT2D eigenvalue weighted by Crippen LogP contribution is 2.26. The van der Waals surface area contributed by atoms with Crippen LogP contribution < -0.4 is 5.32 Å². The third-order valence-electron chi connectivity index (χ3n) is 4.48. The number of nitrogens with one attached hydrogen (secondary N) is 1. The van der Waals surface area contributed by atoms with E-state index in [2.05, 4.69) is 24.4 Å². The minimum atomic E-state index is -0.425. The van der Waals surface area contributed by atoms with Crippen LogP contribution in [0.1, 0.15) is 35.6 Å². The predicted molar refractivity (Wildman–Crippen MR) is 93.0 cm³/mol. The van der Waals surface area contributed by atoms with Gasteiger partial charge in [0.15, 0.2) is 0 Å². The van der Waals surface area contributed by atoms with Crippen LogP contribution in [0.25, 0.3) is 0 Å². The van der Waals surface area contributed by atoms with E-state index in [1.807, 2.05) is 24.1 Å². The Labute approximate surface area is 142 Å². The van der Waals surface area contributed by atoms with Gasteiger partial charge in [-0.05, 0) is 55.6 Å². The van der Waals surface area contributed by atoms with Crippen LogP contribution in [0.3, 0.4) is 0 Å². The van der Waals surface area contributed by atoms with Gasteiger partial charge in [0, 0.05) is 12.6 Å². The van der Waals surface area contributed by atoms with Crippen molar-refractivity contribution in [1.29, 1.82) is 0 Å². The largest absolute Gasteiger partial charge is 0.352 e. The number of aryl methyl sites for hydroxylation is 1. The van der Waals surface area contributed by atoms with Crippen LogP contribution in [-0.2, 0) is 11.3 Å². The molecule has 0 aromatic heterocycles. The Morgan fingerprint density at radius 3 is 2.50 bits per heavy atom. The number of rotatable bonds is 6. The number of nitrogens with zero attached hydrogens (tertiary/aromatic N) is 1. The first-order chi connectivity index (χ1) is 11.5. The molecule has 1 aliphatic carbocycles. The quantitative estimate of drug-likeness (QED) is 0.880. The van der Waals surface area contributed by atoms with Crippen LogP contribution >= 0.6 is 0 Å². The zero-order valence-corrected chi connectivity index (χ0v) is 14.1. The van der Waals surface area contributed by atoms with Gasteiger partial charge in [-0.2, -0.15) is 0 Å². The van der Waals surface area contributed by atoms with Gasteiger partial charge in [-0.1, -0.05) is 36.4 Å². The lowest BCUT2D eigenvalue weighted by molar-refractivity contribution is -0.126. The third kappa shape index (κ3) is 4.01. The Morgan fingerprint density at radius 2 is 1.88 bits per heavy atom. The number of benzene rings is 2. The number of hydrogen-bond donors (Lipinski definition) is 1. The molecule has 0 spiro atoms. The van der Waals surface area contributed by atoms with Crippen molar-refractivity contribution in [3.8, 4) is 0 Å². The second-order valence-corrected chi connectivity index (χ2v) is 6.58. The Hall–Kier alpha value is -2.20. The highest BCUT2D eigenvalue weighted by molar-refractivity contribution is 5.83. The number of halogens is 1. The maximum absolute atomic E-state index is 13.3. The molecule has 1 N–H and O–H groups in total. The molecular weight excluding hydrogens is 303 g/mol. The first kappa shape index (κ1) is 16.7. The number of carbonyl (C=O) groups is 1. The standard InChI is InChI=1S/C20H23FN2O/c1-14-5-3-4-6-16(14)13-23(2)19(20(24)22-18-11-12-18)15-7-9-17(21)10-8-15/h3-10,18-19H,11-13H2,1-2H3,(H,22,24)/t19-/m1/s1. The average molecular weight is 326 g/mol. The van der Waals surface area contributed by atoms with E-state index >= 15 is 0 Å². The highest BCUT2D eigenvalue weighted by Gasteiger charge is 2.30. The maximum atomic E-state index is 13.3. The summed E-state index contributed by atoms with van der Waals surface area (Å²) in [7, 11) is 1.94. The molecule has 1 saturated carbocycles. The number of carbonyl (C=O) groups excluding carboxylic acids is 1. The van der Waals surface area contributed by atoms with E-state index in [-0.39, 0.29) is 11.7 Å². The first-order valence-electron chi connectivity index (χ1n) is 8.35. The molecule has 3 rings (SSSR count). The molecule has 126 valence electrons. The van der Waals surface area contributed by atoms with Gasteiger partial charge < -0.3 is 5.32 Å².